The first-order valence-corrected chi connectivity index (χ1v) is 7.30. The van der Waals surface area contributed by atoms with E-state index in [9.17, 15) is 14.7 Å². The van der Waals surface area contributed by atoms with Crippen LogP contribution in [0.2, 0.25) is 0 Å². The molecule has 0 bridgehead atoms. The van der Waals surface area contributed by atoms with Crippen molar-refractivity contribution in [2.75, 3.05) is 13.1 Å². The van der Waals surface area contributed by atoms with E-state index in [0.29, 0.717) is 0 Å². The third-order valence-corrected chi connectivity index (χ3v) is 4.18. The number of amides is 2. The standard InChI is InChI=1S/C16H22N2O3/c1-12(2)16(11-14(19)20,13-7-4-3-5-8-13)17-15(21)18-9-6-10-18/h3-5,7-8,12H,6,9-11H2,1-2H3,(H,17,21)(H,19,20). The monoisotopic (exact) mass is 290 g/mol. The molecule has 2 amide bonds. The minimum absolute atomic E-state index is 0.0405. The molecule has 114 valence electrons. The van der Waals surface area contributed by atoms with E-state index < -0.39 is 11.5 Å². The Bertz CT molecular complexity index is 512. The number of nitrogens with zero attached hydrogens (tertiary/aromatic N) is 1. The summed E-state index contributed by atoms with van der Waals surface area (Å²) in [5.41, 5.74) is -0.0592. The summed E-state index contributed by atoms with van der Waals surface area (Å²) < 4.78 is 0. The highest BCUT2D eigenvalue weighted by atomic mass is 16.4. The third kappa shape index (κ3) is 3.17. The number of urea groups is 1. The van der Waals surface area contributed by atoms with Gasteiger partial charge in [-0.1, -0.05) is 44.2 Å². The predicted molar refractivity (Wildman–Crippen MR) is 79.9 cm³/mol. The fourth-order valence-electron chi connectivity index (χ4n) is 2.66. The van der Waals surface area contributed by atoms with Crippen molar-refractivity contribution in [2.24, 2.45) is 5.92 Å². The van der Waals surface area contributed by atoms with Gasteiger partial charge in [-0.2, -0.15) is 0 Å². The number of nitrogens with one attached hydrogen (secondary N) is 1. The highest BCUT2D eigenvalue weighted by Crippen LogP contribution is 2.33. The molecule has 0 aliphatic carbocycles. The summed E-state index contributed by atoms with van der Waals surface area (Å²) in [6.07, 6.45) is 0.876. The third-order valence-electron chi connectivity index (χ3n) is 4.18. The van der Waals surface area contributed by atoms with Crippen molar-refractivity contribution in [3.63, 3.8) is 0 Å². The van der Waals surface area contributed by atoms with Gasteiger partial charge in [0, 0.05) is 13.1 Å². The molecule has 1 fully saturated rings. The summed E-state index contributed by atoms with van der Waals surface area (Å²) in [6, 6.07) is 9.18. The number of carbonyl (C=O) groups excluding carboxylic acids is 1. The van der Waals surface area contributed by atoms with Crippen LogP contribution in [-0.2, 0) is 10.3 Å². The van der Waals surface area contributed by atoms with Crippen LogP contribution in [0.1, 0.15) is 32.3 Å². The molecule has 1 saturated heterocycles. The molecule has 21 heavy (non-hydrogen) atoms. The number of carboxylic acid groups (broad SMARTS) is 1. The number of carbonyl (C=O) groups is 2. The summed E-state index contributed by atoms with van der Waals surface area (Å²) in [6.45, 7) is 5.35. The van der Waals surface area contributed by atoms with E-state index in [4.69, 9.17) is 0 Å². The molecule has 0 saturated carbocycles. The van der Waals surface area contributed by atoms with Gasteiger partial charge in [0.2, 0.25) is 0 Å². The van der Waals surface area contributed by atoms with Gasteiger partial charge in [-0.15, -0.1) is 0 Å². The zero-order chi connectivity index (χ0) is 15.5. The van der Waals surface area contributed by atoms with E-state index in [2.05, 4.69) is 5.32 Å². The Morgan fingerprint density at radius 3 is 2.33 bits per heavy atom. The van der Waals surface area contributed by atoms with Gasteiger partial charge in [0.05, 0.1) is 12.0 Å². The first-order valence-electron chi connectivity index (χ1n) is 7.30. The molecule has 0 radical (unpaired) electrons. The molecular formula is C16H22N2O3. The van der Waals surface area contributed by atoms with E-state index >= 15 is 0 Å². The molecule has 5 heteroatoms. The van der Waals surface area contributed by atoms with Crippen molar-refractivity contribution < 1.29 is 14.7 Å². The van der Waals surface area contributed by atoms with Crippen molar-refractivity contribution >= 4 is 12.0 Å². The predicted octanol–water partition coefficient (Wildman–Crippen LogP) is 2.43. The second-order valence-electron chi connectivity index (χ2n) is 5.83. The highest BCUT2D eigenvalue weighted by molar-refractivity contribution is 5.78. The van der Waals surface area contributed by atoms with Crippen LogP contribution in [0.5, 0.6) is 0 Å². The molecule has 1 aromatic carbocycles. The van der Waals surface area contributed by atoms with Crippen LogP contribution in [0.3, 0.4) is 0 Å². The Balaban J connectivity index is 2.35. The lowest BCUT2D eigenvalue weighted by Gasteiger charge is -2.41. The van der Waals surface area contributed by atoms with Gasteiger partial charge in [0.15, 0.2) is 0 Å². The number of benzene rings is 1. The first kappa shape index (κ1) is 15.4. The van der Waals surface area contributed by atoms with E-state index in [0.717, 1.165) is 25.1 Å². The number of hydrogen-bond acceptors (Lipinski definition) is 2. The van der Waals surface area contributed by atoms with Gasteiger partial charge in [-0.3, -0.25) is 4.79 Å². The van der Waals surface area contributed by atoms with E-state index in [1.807, 2.05) is 44.2 Å². The van der Waals surface area contributed by atoms with E-state index in [1.165, 1.54) is 0 Å². The average Bonchev–Trinajstić information content (AvgIpc) is 2.35. The number of rotatable bonds is 5. The van der Waals surface area contributed by atoms with Crippen LogP contribution in [0.15, 0.2) is 30.3 Å². The minimum atomic E-state index is -0.920. The average molecular weight is 290 g/mol. The molecule has 1 aliphatic heterocycles. The van der Waals surface area contributed by atoms with Gasteiger partial charge >= 0.3 is 12.0 Å². The first-order chi connectivity index (χ1) is 9.95. The van der Waals surface area contributed by atoms with Crippen LogP contribution in [0, 0.1) is 5.92 Å². The zero-order valence-corrected chi connectivity index (χ0v) is 12.5. The number of aliphatic carboxylic acids is 1. The maximum Gasteiger partial charge on any atom is 0.318 e. The molecular weight excluding hydrogens is 268 g/mol. The molecule has 0 aromatic heterocycles. The van der Waals surface area contributed by atoms with Crippen molar-refractivity contribution in [1.82, 2.24) is 10.2 Å². The maximum absolute atomic E-state index is 12.3. The molecule has 2 N–H and O–H groups in total. The second-order valence-corrected chi connectivity index (χ2v) is 5.83. The summed E-state index contributed by atoms with van der Waals surface area (Å²) in [7, 11) is 0. The molecule has 5 nitrogen and oxygen atoms in total. The number of hydrogen-bond donors (Lipinski definition) is 2. The minimum Gasteiger partial charge on any atom is -0.481 e. The maximum atomic E-state index is 12.3. The summed E-state index contributed by atoms with van der Waals surface area (Å²) in [4.78, 5) is 25.4. The summed E-state index contributed by atoms with van der Waals surface area (Å²) >= 11 is 0. The molecule has 1 heterocycles. The highest BCUT2D eigenvalue weighted by Gasteiger charge is 2.40. The SMILES string of the molecule is CC(C)C(CC(=O)O)(NC(=O)N1CCC1)c1ccccc1. The van der Waals surface area contributed by atoms with Crippen molar-refractivity contribution in [1.29, 1.82) is 0 Å². The van der Waals surface area contributed by atoms with Gasteiger partial charge < -0.3 is 15.3 Å². The van der Waals surface area contributed by atoms with Gasteiger partial charge in [0.25, 0.3) is 0 Å². The van der Waals surface area contributed by atoms with E-state index in [-0.39, 0.29) is 18.4 Å². The van der Waals surface area contributed by atoms with Crippen molar-refractivity contribution in [3.05, 3.63) is 35.9 Å². The normalized spacial score (nSPS) is 17.0. The Labute approximate surface area is 125 Å². The summed E-state index contributed by atoms with van der Waals surface area (Å²) in [5, 5.41) is 12.3. The lowest BCUT2D eigenvalue weighted by atomic mass is 9.77. The number of likely N-dealkylation sites (tertiary alicyclic amines) is 1. The second kappa shape index (κ2) is 6.16. The molecule has 0 spiro atoms. The zero-order valence-electron chi connectivity index (χ0n) is 12.5. The fourth-order valence-corrected chi connectivity index (χ4v) is 2.66. The Kier molecular flexibility index (Phi) is 4.50. The van der Waals surface area contributed by atoms with Crippen molar-refractivity contribution in [2.45, 2.75) is 32.2 Å². The van der Waals surface area contributed by atoms with Gasteiger partial charge in [-0.25, -0.2) is 4.79 Å². The number of carboxylic acids is 1. The topological polar surface area (TPSA) is 69.6 Å². The fraction of sp³-hybridized carbons (Fsp3) is 0.500. The molecule has 1 aliphatic rings. The summed E-state index contributed by atoms with van der Waals surface area (Å²) in [5.74, 6) is -0.960. The van der Waals surface area contributed by atoms with Gasteiger partial charge in [-0.05, 0) is 17.9 Å². The van der Waals surface area contributed by atoms with Crippen LogP contribution >= 0.6 is 0 Å². The smallest absolute Gasteiger partial charge is 0.318 e. The van der Waals surface area contributed by atoms with Crippen LogP contribution < -0.4 is 5.32 Å². The van der Waals surface area contributed by atoms with Gasteiger partial charge in [0.1, 0.15) is 0 Å². The van der Waals surface area contributed by atoms with Crippen molar-refractivity contribution in [3.8, 4) is 0 Å². The van der Waals surface area contributed by atoms with E-state index in [1.54, 1.807) is 4.90 Å². The quantitative estimate of drug-likeness (QED) is 0.875. The molecule has 1 unspecified atom stereocenters. The van der Waals surface area contributed by atoms with Crippen LogP contribution in [0.4, 0.5) is 4.79 Å². The Hall–Kier alpha value is -2.04. The largest absolute Gasteiger partial charge is 0.481 e. The Morgan fingerprint density at radius 2 is 1.90 bits per heavy atom. The lowest BCUT2D eigenvalue weighted by Crippen LogP contribution is -2.57. The molecule has 1 aromatic rings. The molecule has 1 atom stereocenters. The lowest BCUT2D eigenvalue weighted by molar-refractivity contribution is -0.139. The van der Waals surface area contributed by atoms with Crippen LogP contribution in [0.25, 0.3) is 0 Å². The molecule has 2 rings (SSSR count). The Morgan fingerprint density at radius 1 is 1.29 bits per heavy atom. The van der Waals surface area contributed by atoms with Crippen LogP contribution in [-0.4, -0.2) is 35.1 Å².